The van der Waals surface area contributed by atoms with Crippen LogP contribution in [0.1, 0.15) is 35.1 Å². The van der Waals surface area contributed by atoms with Gasteiger partial charge in [0.25, 0.3) is 0 Å². The molecule has 24 heavy (non-hydrogen) atoms. The molecule has 0 spiro atoms. The van der Waals surface area contributed by atoms with E-state index in [1.165, 1.54) is 0 Å². The predicted octanol–water partition coefficient (Wildman–Crippen LogP) is 1.49. The molecule has 1 fully saturated rings. The van der Waals surface area contributed by atoms with Gasteiger partial charge < -0.3 is 10.1 Å². The summed E-state index contributed by atoms with van der Waals surface area (Å²) in [5.74, 6) is -0.353. The van der Waals surface area contributed by atoms with Gasteiger partial charge in [-0.3, -0.25) is 4.79 Å². The molecule has 0 bridgehead atoms. The number of amides is 1. The average molecular weight is 354 g/mol. The number of hydrogen-bond acceptors (Lipinski definition) is 4. The van der Waals surface area contributed by atoms with E-state index in [1.807, 2.05) is 19.9 Å². The Kier molecular flexibility index (Phi) is 6.01. The molecule has 7 heteroatoms. The third-order valence-corrected chi connectivity index (χ3v) is 6.21. The van der Waals surface area contributed by atoms with E-state index < -0.39 is 10.0 Å². The number of nitrogens with one attached hydrogen (secondary N) is 2. The largest absolute Gasteiger partial charge is 0.376 e. The van der Waals surface area contributed by atoms with Gasteiger partial charge >= 0.3 is 0 Å². The zero-order valence-electron chi connectivity index (χ0n) is 14.7. The summed E-state index contributed by atoms with van der Waals surface area (Å²) in [6, 6.07) is 1.97. The molecular formula is C17H26N2O4S. The highest BCUT2D eigenvalue weighted by Crippen LogP contribution is 2.25. The highest BCUT2D eigenvalue weighted by Gasteiger charge is 2.23. The number of aryl methyl sites for hydroxylation is 2. The van der Waals surface area contributed by atoms with Crippen LogP contribution < -0.4 is 10.0 Å². The molecule has 0 unspecified atom stereocenters. The normalized spacial score (nSPS) is 17.9. The summed E-state index contributed by atoms with van der Waals surface area (Å²) in [6.07, 6.45) is 1.96. The standard InChI is InChI=1S/C17H26N2O4S/c1-11-8-12(2)14(4)17(13(11)3)24(21,22)19-10-16(20)18-9-15-6-5-7-23-15/h8,15,19H,5-7,9-10H2,1-4H3,(H,18,20)/t15-/m0/s1. The molecule has 1 aliphatic rings. The van der Waals surface area contributed by atoms with Crippen LogP contribution in [0.2, 0.25) is 0 Å². The summed E-state index contributed by atoms with van der Waals surface area (Å²) in [6.45, 7) is 8.20. The molecule has 2 rings (SSSR count). The molecule has 1 amide bonds. The molecular weight excluding hydrogens is 328 g/mol. The number of carbonyl (C=O) groups is 1. The molecule has 134 valence electrons. The second-order valence-electron chi connectivity index (χ2n) is 6.35. The molecule has 2 N–H and O–H groups in total. The van der Waals surface area contributed by atoms with E-state index in [0.717, 1.165) is 30.6 Å². The van der Waals surface area contributed by atoms with Crippen LogP contribution in [0.5, 0.6) is 0 Å². The summed E-state index contributed by atoms with van der Waals surface area (Å²) in [7, 11) is -3.74. The fourth-order valence-corrected chi connectivity index (χ4v) is 4.51. The molecule has 1 atom stereocenters. The highest BCUT2D eigenvalue weighted by molar-refractivity contribution is 7.89. The van der Waals surface area contributed by atoms with Crippen LogP contribution in [-0.4, -0.2) is 40.1 Å². The van der Waals surface area contributed by atoms with Crippen molar-refractivity contribution in [1.29, 1.82) is 0 Å². The van der Waals surface area contributed by atoms with Crippen molar-refractivity contribution in [2.75, 3.05) is 19.7 Å². The fraction of sp³-hybridized carbons (Fsp3) is 0.588. The summed E-state index contributed by atoms with van der Waals surface area (Å²) < 4.78 is 33.1. The molecule has 0 saturated carbocycles. The molecule has 1 aliphatic heterocycles. The third-order valence-electron chi connectivity index (χ3n) is 4.54. The average Bonchev–Trinajstić information content (AvgIpc) is 3.02. The lowest BCUT2D eigenvalue weighted by Crippen LogP contribution is -2.40. The fourth-order valence-electron chi connectivity index (χ4n) is 2.91. The van der Waals surface area contributed by atoms with Crippen molar-refractivity contribution in [2.24, 2.45) is 0 Å². The van der Waals surface area contributed by atoms with Crippen molar-refractivity contribution >= 4 is 15.9 Å². The van der Waals surface area contributed by atoms with Crippen LogP contribution in [-0.2, 0) is 19.6 Å². The molecule has 6 nitrogen and oxygen atoms in total. The van der Waals surface area contributed by atoms with Gasteiger partial charge in [0.15, 0.2) is 0 Å². The SMILES string of the molecule is Cc1cc(C)c(C)c(S(=O)(=O)NCC(=O)NC[C@@H]2CCCO2)c1C. The molecule has 1 saturated heterocycles. The second-order valence-corrected chi connectivity index (χ2v) is 8.06. The lowest BCUT2D eigenvalue weighted by Gasteiger charge is -2.16. The lowest BCUT2D eigenvalue weighted by atomic mass is 10.0. The Bertz CT molecular complexity index is 696. The quantitative estimate of drug-likeness (QED) is 0.811. The highest BCUT2D eigenvalue weighted by atomic mass is 32.2. The van der Waals surface area contributed by atoms with Crippen molar-refractivity contribution in [1.82, 2.24) is 10.0 Å². The Hall–Kier alpha value is -1.44. The molecule has 0 aliphatic carbocycles. The van der Waals surface area contributed by atoms with E-state index >= 15 is 0 Å². The summed E-state index contributed by atoms with van der Waals surface area (Å²) in [5.41, 5.74) is 3.26. The maximum Gasteiger partial charge on any atom is 0.241 e. The van der Waals surface area contributed by atoms with Crippen LogP contribution in [0, 0.1) is 27.7 Å². The number of sulfonamides is 1. The van der Waals surface area contributed by atoms with Gasteiger partial charge in [0, 0.05) is 13.2 Å². The Balaban J connectivity index is 2.02. The number of benzene rings is 1. The maximum absolute atomic E-state index is 12.6. The number of ether oxygens (including phenoxy) is 1. The Morgan fingerprint density at radius 3 is 2.38 bits per heavy atom. The smallest absolute Gasteiger partial charge is 0.241 e. The van der Waals surface area contributed by atoms with Gasteiger partial charge in [0.1, 0.15) is 0 Å². The first-order valence-corrected chi connectivity index (χ1v) is 9.66. The molecule has 1 aromatic carbocycles. The van der Waals surface area contributed by atoms with Crippen LogP contribution in [0.3, 0.4) is 0 Å². The molecule has 1 heterocycles. The van der Waals surface area contributed by atoms with Crippen LogP contribution in [0.4, 0.5) is 0 Å². The van der Waals surface area contributed by atoms with E-state index in [9.17, 15) is 13.2 Å². The zero-order chi connectivity index (χ0) is 17.9. The Morgan fingerprint density at radius 2 is 1.83 bits per heavy atom. The van der Waals surface area contributed by atoms with Gasteiger partial charge in [-0.25, -0.2) is 13.1 Å². The first-order valence-electron chi connectivity index (χ1n) is 8.17. The van der Waals surface area contributed by atoms with E-state index in [-0.39, 0.29) is 23.5 Å². The van der Waals surface area contributed by atoms with E-state index in [4.69, 9.17) is 4.74 Å². The number of rotatable bonds is 6. The van der Waals surface area contributed by atoms with Gasteiger partial charge in [0.2, 0.25) is 15.9 Å². The minimum Gasteiger partial charge on any atom is -0.376 e. The molecule has 1 aromatic rings. The van der Waals surface area contributed by atoms with Crippen LogP contribution in [0.15, 0.2) is 11.0 Å². The lowest BCUT2D eigenvalue weighted by molar-refractivity contribution is -0.120. The van der Waals surface area contributed by atoms with E-state index in [0.29, 0.717) is 17.7 Å². The van der Waals surface area contributed by atoms with Gasteiger partial charge in [0.05, 0.1) is 17.5 Å². The van der Waals surface area contributed by atoms with Crippen molar-refractivity contribution < 1.29 is 17.9 Å². The minimum atomic E-state index is -3.74. The first kappa shape index (κ1) is 18.9. The third kappa shape index (κ3) is 4.34. The Labute approximate surface area is 144 Å². The van der Waals surface area contributed by atoms with Crippen molar-refractivity contribution in [3.63, 3.8) is 0 Å². The summed E-state index contributed by atoms with van der Waals surface area (Å²) in [4.78, 5) is 12.2. The minimum absolute atomic E-state index is 0.0365. The van der Waals surface area contributed by atoms with Gasteiger partial charge in [-0.15, -0.1) is 0 Å². The van der Waals surface area contributed by atoms with Crippen molar-refractivity contribution in [2.45, 2.75) is 51.5 Å². The van der Waals surface area contributed by atoms with Gasteiger partial charge in [-0.05, 0) is 62.8 Å². The van der Waals surface area contributed by atoms with Gasteiger partial charge in [-0.1, -0.05) is 6.07 Å². The first-order chi connectivity index (χ1) is 11.2. The molecule has 0 radical (unpaired) electrons. The summed E-state index contributed by atoms with van der Waals surface area (Å²) >= 11 is 0. The van der Waals surface area contributed by atoms with Crippen molar-refractivity contribution in [3.05, 3.63) is 28.3 Å². The topological polar surface area (TPSA) is 84.5 Å². The van der Waals surface area contributed by atoms with Crippen LogP contribution >= 0.6 is 0 Å². The number of carbonyl (C=O) groups excluding carboxylic acids is 1. The second kappa shape index (κ2) is 7.63. The van der Waals surface area contributed by atoms with E-state index in [2.05, 4.69) is 10.0 Å². The Morgan fingerprint density at radius 1 is 1.21 bits per heavy atom. The zero-order valence-corrected chi connectivity index (χ0v) is 15.5. The van der Waals surface area contributed by atoms with E-state index in [1.54, 1.807) is 13.8 Å². The predicted molar refractivity (Wildman–Crippen MR) is 92.6 cm³/mol. The van der Waals surface area contributed by atoms with Crippen LogP contribution in [0.25, 0.3) is 0 Å². The van der Waals surface area contributed by atoms with Gasteiger partial charge in [-0.2, -0.15) is 0 Å². The monoisotopic (exact) mass is 354 g/mol. The number of hydrogen-bond donors (Lipinski definition) is 2. The molecule has 0 aromatic heterocycles. The maximum atomic E-state index is 12.6. The summed E-state index contributed by atoms with van der Waals surface area (Å²) in [5, 5.41) is 2.71. The van der Waals surface area contributed by atoms with Crippen molar-refractivity contribution in [3.8, 4) is 0 Å².